The molecule has 6 nitrogen and oxygen atoms in total. The third-order valence-corrected chi connectivity index (χ3v) is 5.31. The molecule has 1 aromatic rings. The zero-order chi connectivity index (χ0) is 15.6. The Hall–Kier alpha value is -1.44. The number of carboxylic acid groups (broad SMARTS) is 1. The highest BCUT2D eigenvalue weighted by Crippen LogP contribution is 2.24. The average molecular weight is 313 g/mol. The number of sulfonamides is 1. The van der Waals surface area contributed by atoms with Crippen molar-refractivity contribution < 1.29 is 23.1 Å². The van der Waals surface area contributed by atoms with E-state index in [4.69, 9.17) is 9.84 Å². The molecule has 1 aliphatic rings. The predicted molar refractivity (Wildman–Crippen MR) is 76.9 cm³/mol. The molecule has 0 bridgehead atoms. The van der Waals surface area contributed by atoms with Gasteiger partial charge in [-0.2, -0.15) is 0 Å². The maximum atomic E-state index is 12.3. The van der Waals surface area contributed by atoms with Crippen LogP contribution in [0.1, 0.15) is 35.2 Å². The predicted octanol–water partition coefficient (Wildman–Crippen LogP) is 1.54. The molecule has 21 heavy (non-hydrogen) atoms. The van der Waals surface area contributed by atoms with Crippen molar-refractivity contribution in [1.29, 1.82) is 0 Å². The fourth-order valence-corrected chi connectivity index (χ4v) is 3.86. The van der Waals surface area contributed by atoms with Crippen molar-refractivity contribution in [1.82, 2.24) is 4.72 Å². The molecule has 1 aliphatic carbocycles. The number of carbonyl (C=O) groups is 1. The molecule has 1 fully saturated rings. The van der Waals surface area contributed by atoms with Gasteiger partial charge >= 0.3 is 5.97 Å². The third-order valence-electron chi connectivity index (χ3n) is 3.79. The summed E-state index contributed by atoms with van der Waals surface area (Å²) in [5, 5.41) is 9.07. The zero-order valence-corrected chi connectivity index (χ0v) is 12.8. The minimum atomic E-state index is -3.72. The van der Waals surface area contributed by atoms with Crippen LogP contribution in [-0.2, 0) is 14.8 Å². The van der Waals surface area contributed by atoms with Crippen molar-refractivity contribution in [2.45, 2.75) is 43.2 Å². The SMILES string of the molecule is COC1CCC(NS(=O)(=O)c2ccc(C)c(C(=O)O)c2)C1. The highest BCUT2D eigenvalue weighted by atomic mass is 32.2. The Kier molecular flexibility index (Phi) is 4.65. The summed E-state index contributed by atoms with van der Waals surface area (Å²) in [6.45, 7) is 1.63. The average Bonchev–Trinajstić information content (AvgIpc) is 2.85. The first kappa shape index (κ1) is 15.9. The van der Waals surface area contributed by atoms with E-state index in [1.165, 1.54) is 18.2 Å². The van der Waals surface area contributed by atoms with E-state index in [2.05, 4.69) is 4.72 Å². The Labute approximate surface area is 124 Å². The minimum Gasteiger partial charge on any atom is -0.478 e. The first-order chi connectivity index (χ1) is 9.83. The summed E-state index contributed by atoms with van der Waals surface area (Å²) in [5.74, 6) is -1.13. The molecular weight excluding hydrogens is 294 g/mol. The third kappa shape index (κ3) is 3.61. The Balaban J connectivity index is 2.20. The van der Waals surface area contributed by atoms with Crippen LogP contribution in [0.5, 0.6) is 0 Å². The monoisotopic (exact) mass is 313 g/mol. The molecule has 2 N–H and O–H groups in total. The standard InChI is InChI=1S/C14H19NO5S/c1-9-3-6-12(8-13(9)14(16)17)21(18,19)15-10-4-5-11(7-10)20-2/h3,6,8,10-11,15H,4-5,7H2,1-2H3,(H,16,17). The highest BCUT2D eigenvalue weighted by Gasteiger charge is 2.29. The van der Waals surface area contributed by atoms with E-state index < -0.39 is 16.0 Å². The quantitative estimate of drug-likeness (QED) is 0.860. The molecule has 0 spiro atoms. The molecule has 0 radical (unpaired) electrons. The van der Waals surface area contributed by atoms with Crippen LogP contribution in [0.15, 0.2) is 23.1 Å². The molecular formula is C14H19NO5S. The van der Waals surface area contributed by atoms with Gasteiger partial charge in [0.15, 0.2) is 0 Å². The van der Waals surface area contributed by atoms with Crippen LogP contribution in [0, 0.1) is 6.92 Å². The van der Waals surface area contributed by atoms with Crippen LogP contribution < -0.4 is 4.72 Å². The fraction of sp³-hybridized carbons (Fsp3) is 0.500. The van der Waals surface area contributed by atoms with Crippen LogP contribution in [0.4, 0.5) is 0 Å². The first-order valence-corrected chi connectivity index (χ1v) is 8.21. The van der Waals surface area contributed by atoms with Crippen LogP contribution in [0.25, 0.3) is 0 Å². The van der Waals surface area contributed by atoms with Crippen molar-refractivity contribution in [3.63, 3.8) is 0 Å². The summed E-state index contributed by atoms with van der Waals surface area (Å²) in [7, 11) is -2.11. The maximum absolute atomic E-state index is 12.3. The topological polar surface area (TPSA) is 92.7 Å². The molecule has 0 aliphatic heterocycles. The van der Waals surface area contributed by atoms with Gasteiger partial charge in [-0.1, -0.05) is 6.07 Å². The lowest BCUT2D eigenvalue weighted by molar-refractivity contribution is 0.0696. The number of nitrogens with one attached hydrogen (secondary N) is 1. The fourth-order valence-electron chi connectivity index (χ4n) is 2.55. The number of benzene rings is 1. The van der Waals surface area contributed by atoms with Gasteiger partial charge < -0.3 is 9.84 Å². The van der Waals surface area contributed by atoms with E-state index in [-0.39, 0.29) is 22.6 Å². The number of aryl methyl sites for hydroxylation is 1. The van der Waals surface area contributed by atoms with Crippen LogP contribution in [0.2, 0.25) is 0 Å². The molecule has 2 atom stereocenters. The van der Waals surface area contributed by atoms with E-state index in [0.29, 0.717) is 12.0 Å². The van der Waals surface area contributed by atoms with Crippen molar-refractivity contribution in [3.8, 4) is 0 Å². The van der Waals surface area contributed by atoms with Gasteiger partial charge in [-0.25, -0.2) is 17.9 Å². The Morgan fingerprint density at radius 3 is 2.67 bits per heavy atom. The van der Waals surface area contributed by atoms with Gasteiger partial charge in [-0.3, -0.25) is 0 Å². The van der Waals surface area contributed by atoms with Crippen LogP contribution in [0.3, 0.4) is 0 Å². The highest BCUT2D eigenvalue weighted by molar-refractivity contribution is 7.89. The molecule has 7 heteroatoms. The van der Waals surface area contributed by atoms with Gasteiger partial charge in [-0.05, 0) is 43.9 Å². The van der Waals surface area contributed by atoms with Crippen LogP contribution >= 0.6 is 0 Å². The van der Waals surface area contributed by atoms with Gasteiger partial charge in [0.25, 0.3) is 0 Å². The molecule has 0 saturated heterocycles. The molecule has 0 amide bonds. The van der Waals surface area contributed by atoms with Crippen molar-refractivity contribution in [3.05, 3.63) is 29.3 Å². The van der Waals surface area contributed by atoms with Gasteiger partial charge in [0.2, 0.25) is 10.0 Å². The number of hydrogen-bond donors (Lipinski definition) is 2. The summed E-state index contributed by atoms with van der Waals surface area (Å²) < 4.78 is 32.5. The Bertz CT molecular complexity index is 641. The summed E-state index contributed by atoms with van der Waals surface area (Å²) in [5.41, 5.74) is 0.529. The number of aromatic carboxylic acids is 1. The largest absolute Gasteiger partial charge is 0.478 e. The molecule has 1 saturated carbocycles. The molecule has 2 unspecified atom stereocenters. The molecule has 0 aromatic heterocycles. The number of rotatable bonds is 5. The minimum absolute atomic E-state index is 0.000866. The van der Waals surface area contributed by atoms with Crippen molar-refractivity contribution >= 4 is 16.0 Å². The second kappa shape index (κ2) is 6.13. The first-order valence-electron chi connectivity index (χ1n) is 6.72. The van der Waals surface area contributed by atoms with E-state index in [1.54, 1.807) is 14.0 Å². The lowest BCUT2D eigenvalue weighted by Crippen LogP contribution is -2.33. The van der Waals surface area contributed by atoms with E-state index in [0.717, 1.165) is 12.8 Å². The number of carboxylic acids is 1. The molecule has 2 rings (SSSR count). The second-order valence-corrected chi connectivity index (χ2v) is 6.98. The number of hydrogen-bond acceptors (Lipinski definition) is 4. The van der Waals surface area contributed by atoms with Gasteiger partial charge in [-0.15, -0.1) is 0 Å². The summed E-state index contributed by atoms with van der Waals surface area (Å²) in [6, 6.07) is 3.95. The van der Waals surface area contributed by atoms with E-state index >= 15 is 0 Å². The summed E-state index contributed by atoms with van der Waals surface area (Å²) in [4.78, 5) is 11.1. The number of methoxy groups -OCH3 is 1. The second-order valence-electron chi connectivity index (χ2n) is 5.27. The summed E-state index contributed by atoms with van der Waals surface area (Å²) >= 11 is 0. The molecule has 116 valence electrons. The lowest BCUT2D eigenvalue weighted by atomic mass is 10.1. The Morgan fingerprint density at radius 1 is 1.38 bits per heavy atom. The Morgan fingerprint density at radius 2 is 2.10 bits per heavy atom. The number of ether oxygens (including phenoxy) is 1. The van der Waals surface area contributed by atoms with Gasteiger partial charge in [0.05, 0.1) is 16.6 Å². The lowest BCUT2D eigenvalue weighted by Gasteiger charge is -2.14. The molecule has 0 heterocycles. The maximum Gasteiger partial charge on any atom is 0.335 e. The van der Waals surface area contributed by atoms with Gasteiger partial charge in [0.1, 0.15) is 0 Å². The van der Waals surface area contributed by atoms with Crippen LogP contribution in [-0.4, -0.2) is 38.7 Å². The van der Waals surface area contributed by atoms with E-state index in [1.807, 2.05) is 0 Å². The normalized spacial score (nSPS) is 22.4. The van der Waals surface area contributed by atoms with Gasteiger partial charge in [0, 0.05) is 13.2 Å². The van der Waals surface area contributed by atoms with Crippen molar-refractivity contribution in [2.75, 3.05) is 7.11 Å². The smallest absolute Gasteiger partial charge is 0.335 e. The summed E-state index contributed by atoms with van der Waals surface area (Å²) in [6.07, 6.45) is 2.24. The van der Waals surface area contributed by atoms with Crippen molar-refractivity contribution in [2.24, 2.45) is 0 Å². The zero-order valence-electron chi connectivity index (χ0n) is 12.0. The molecule has 1 aromatic carbocycles. The van der Waals surface area contributed by atoms with E-state index in [9.17, 15) is 13.2 Å².